The van der Waals surface area contributed by atoms with Gasteiger partial charge in [-0.05, 0) is 36.8 Å². The van der Waals surface area contributed by atoms with Gasteiger partial charge < -0.3 is 9.84 Å². The Morgan fingerprint density at radius 1 is 1.42 bits per heavy atom. The summed E-state index contributed by atoms with van der Waals surface area (Å²) in [6, 6.07) is 7.93. The Labute approximate surface area is 112 Å². The van der Waals surface area contributed by atoms with Crippen LogP contribution in [0.4, 0.5) is 0 Å². The highest BCUT2D eigenvalue weighted by atomic mass is 16.5. The second kappa shape index (κ2) is 5.87. The Bertz CT molecular complexity index is 481. The van der Waals surface area contributed by atoms with Gasteiger partial charge in [-0.15, -0.1) is 0 Å². The zero-order valence-corrected chi connectivity index (χ0v) is 11.0. The molecule has 2 unspecified atom stereocenters. The van der Waals surface area contributed by atoms with E-state index in [9.17, 15) is 9.59 Å². The maximum Gasteiger partial charge on any atom is 0.310 e. The number of aryl methyl sites for hydroxylation is 1. The lowest BCUT2D eigenvalue weighted by Crippen LogP contribution is -2.26. The number of carboxylic acid groups (broad SMARTS) is 1. The monoisotopic (exact) mass is 262 g/mol. The Kier molecular flexibility index (Phi) is 4.20. The first-order chi connectivity index (χ1) is 9.13. The second-order valence-electron chi connectivity index (χ2n) is 4.80. The van der Waals surface area contributed by atoms with Crippen LogP contribution in [0, 0.1) is 5.92 Å². The van der Waals surface area contributed by atoms with E-state index in [4.69, 9.17) is 9.84 Å². The van der Waals surface area contributed by atoms with Crippen LogP contribution in [0.15, 0.2) is 24.3 Å². The SMILES string of the molecule is CCOC(=O)C(CC(=O)O)C1CCc2ccccc21. The van der Waals surface area contributed by atoms with E-state index < -0.39 is 17.9 Å². The third kappa shape index (κ3) is 2.95. The van der Waals surface area contributed by atoms with Crippen molar-refractivity contribution in [3.8, 4) is 0 Å². The molecule has 0 saturated heterocycles. The van der Waals surface area contributed by atoms with E-state index >= 15 is 0 Å². The van der Waals surface area contributed by atoms with Gasteiger partial charge in [-0.3, -0.25) is 9.59 Å². The Balaban J connectivity index is 2.24. The van der Waals surface area contributed by atoms with E-state index in [1.807, 2.05) is 24.3 Å². The maximum absolute atomic E-state index is 12.0. The fourth-order valence-corrected chi connectivity index (χ4v) is 2.84. The minimum Gasteiger partial charge on any atom is -0.481 e. The molecule has 1 N–H and O–H groups in total. The van der Waals surface area contributed by atoms with Crippen LogP contribution in [0.3, 0.4) is 0 Å². The number of carboxylic acids is 1. The summed E-state index contributed by atoms with van der Waals surface area (Å²) in [4.78, 5) is 23.0. The molecule has 0 aromatic heterocycles. The molecule has 0 saturated carbocycles. The van der Waals surface area contributed by atoms with Crippen molar-refractivity contribution in [2.45, 2.75) is 32.1 Å². The number of benzene rings is 1. The number of fused-ring (bicyclic) bond motifs is 1. The molecule has 0 heterocycles. The number of hydrogen-bond acceptors (Lipinski definition) is 3. The van der Waals surface area contributed by atoms with E-state index in [0.717, 1.165) is 18.4 Å². The average Bonchev–Trinajstić information content (AvgIpc) is 2.79. The summed E-state index contributed by atoms with van der Waals surface area (Å²) >= 11 is 0. The van der Waals surface area contributed by atoms with Gasteiger partial charge in [0.1, 0.15) is 0 Å². The highest BCUT2D eigenvalue weighted by Crippen LogP contribution is 2.40. The molecule has 4 nitrogen and oxygen atoms in total. The maximum atomic E-state index is 12.0. The normalized spacial score (nSPS) is 18.7. The highest BCUT2D eigenvalue weighted by molar-refractivity contribution is 5.80. The number of carbonyl (C=O) groups excluding carboxylic acids is 1. The van der Waals surface area contributed by atoms with Crippen LogP contribution >= 0.6 is 0 Å². The van der Waals surface area contributed by atoms with Crippen LogP contribution in [0.5, 0.6) is 0 Å². The summed E-state index contributed by atoms with van der Waals surface area (Å²) in [5.74, 6) is -1.97. The lowest BCUT2D eigenvalue weighted by atomic mass is 9.85. The van der Waals surface area contributed by atoms with Gasteiger partial charge >= 0.3 is 11.9 Å². The lowest BCUT2D eigenvalue weighted by Gasteiger charge is -2.21. The molecule has 4 heteroatoms. The van der Waals surface area contributed by atoms with Gasteiger partial charge in [0.05, 0.1) is 18.9 Å². The molecule has 0 radical (unpaired) electrons. The number of rotatable bonds is 5. The summed E-state index contributed by atoms with van der Waals surface area (Å²) in [6.45, 7) is 2.02. The first-order valence-corrected chi connectivity index (χ1v) is 6.59. The van der Waals surface area contributed by atoms with E-state index in [1.165, 1.54) is 5.56 Å². The summed E-state index contributed by atoms with van der Waals surface area (Å²) in [5.41, 5.74) is 2.31. The summed E-state index contributed by atoms with van der Waals surface area (Å²) in [5, 5.41) is 9.00. The van der Waals surface area contributed by atoms with Crippen LogP contribution in [0.1, 0.15) is 36.8 Å². The Morgan fingerprint density at radius 2 is 2.16 bits per heavy atom. The second-order valence-corrected chi connectivity index (χ2v) is 4.80. The molecular weight excluding hydrogens is 244 g/mol. The minimum absolute atomic E-state index is 0.0358. The van der Waals surface area contributed by atoms with E-state index in [-0.39, 0.29) is 18.9 Å². The number of aliphatic carboxylic acids is 1. The molecule has 1 aromatic rings. The van der Waals surface area contributed by atoms with Crippen LogP contribution in [0.2, 0.25) is 0 Å². The third-order valence-electron chi connectivity index (χ3n) is 3.65. The largest absolute Gasteiger partial charge is 0.481 e. The van der Waals surface area contributed by atoms with Gasteiger partial charge in [0, 0.05) is 0 Å². The van der Waals surface area contributed by atoms with Crippen molar-refractivity contribution in [2.75, 3.05) is 6.61 Å². The quantitative estimate of drug-likeness (QED) is 0.827. The highest BCUT2D eigenvalue weighted by Gasteiger charge is 2.36. The van der Waals surface area contributed by atoms with Gasteiger partial charge in [-0.2, -0.15) is 0 Å². The van der Waals surface area contributed by atoms with Crippen molar-refractivity contribution in [1.82, 2.24) is 0 Å². The van der Waals surface area contributed by atoms with Gasteiger partial charge in [-0.1, -0.05) is 24.3 Å². The molecular formula is C15H18O4. The van der Waals surface area contributed by atoms with Crippen LogP contribution in [-0.2, 0) is 20.7 Å². The Morgan fingerprint density at radius 3 is 2.84 bits per heavy atom. The smallest absolute Gasteiger partial charge is 0.310 e. The molecule has 1 aliphatic carbocycles. The predicted molar refractivity (Wildman–Crippen MR) is 69.9 cm³/mol. The summed E-state index contributed by atoms with van der Waals surface area (Å²) in [7, 11) is 0. The van der Waals surface area contributed by atoms with E-state index in [0.29, 0.717) is 0 Å². The van der Waals surface area contributed by atoms with Crippen molar-refractivity contribution in [1.29, 1.82) is 0 Å². The van der Waals surface area contributed by atoms with Crippen molar-refractivity contribution in [2.24, 2.45) is 5.92 Å². The van der Waals surface area contributed by atoms with Crippen LogP contribution in [-0.4, -0.2) is 23.7 Å². The fraction of sp³-hybridized carbons (Fsp3) is 0.467. The van der Waals surface area contributed by atoms with Gasteiger partial charge in [0.25, 0.3) is 0 Å². The zero-order chi connectivity index (χ0) is 13.8. The van der Waals surface area contributed by atoms with Crippen molar-refractivity contribution in [3.63, 3.8) is 0 Å². The molecule has 2 atom stereocenters. The average molecular weight is 262 g/mol. The standard InChI is InChI=1S/C15H18O4/c1-2-19-15(18)13(9-14(16)17)12-8-7-10-5-3-4-6-11(10)12/h3-6,12-13H,2,7-9H2,1H3,(H,16,17). The number of ether oxygens (including phenoxy) is 1. The van der Waals surface area contributed by atoms with Crippen LogP contribution in [0.25, 0.3) is 0 Å². The lowest BCUT2D eigenvalue weighted by molar-refractivity contribution is -0.153. The molecule has 0 aliphatic heterocycles. The number of carbonyl (C=O) groups is 2. The van der Waals surface area contributed by atoms with Crippen molar-refractivity contribution < 1.29 is 19.4 Å². The molecule has 0 bridgehead atoms. The molecule has 19 heavy (non-hydrogen) atoms. The molecule has 0 amide bonds. The molecule has 0 fully saturated rings. The topological polar surface area (TPSA) is 63.6 Å². The van der Waals surface area contributed by atoms with Gasteiger partial charge in [-0.25, -0.2) is 0 Å². The zero-order valence-electron chi connectivity index (χ0n) is 11.0. The first kappa shape index (κ1) is 13.6. The van der Waals surface area contributed by atoms with Gasteiger partial charge in [0.15, 0.2) is 0 Å². The van der Waals surface area contributed by atoms with E-state index in [2.05, 4.69) is 0 Å². The molecule has 102 valence electrons. The first-order valence-electron chi connectivity index (χ1n) is 6.59. The third-order valence-corrected chi connectivity index (χ3v) is 3.65. The number of esters is 1. The minimum atomic E-state index is -0.956. The molecule has 2 rings (SSSR count). The number of hydrogen-bond donors (Lipinski definition) is 1. The van der Waals surface area contributed by atoms with Crippen LogP contribution < -0.4 is 0 Å². The summed E-state index contributed by atoms with van der Waals surface area (Å²) in [6.07, 6.45) is 1.55. The fourth-order valence-electron chi connectivity index (χ4n) is 2.84. The molecule has 1 aromatic carbocycles. The summed E-state index contributed by atoms with van der Waals surface area (Å²) < 4.78 is 5.03. The van der Waals surface area contributed by atoms with Crippen molar-refractivity contribution >= 4 is 11.9 Å². The molecule has 1 aliphatic rings. The predicted octanol–water partition coefficient (Wildman–Crippen LogP) is 2.37. The van der Waals surface area contributed by atoms with Gasteiger partial charge in [0.2, 0.25) is 0 Å². The van der Waals surface area contributed by atoms with E-state index in [1.54, 1.807) is 6.92 Å². The molecule has 0 spiro atoms. The van der Waals surface area contributed by atoms with Crippen molar-refractivity contribution in [3.05, 3.63) is 35.4 Å². The Hall–Kier alpha value is -1.84.